The minimum atomic E-state index is -0.790. The van der Waals surface area contributed by atoms with Crippen LogP contribution in [0, 0.1) is 0 Å². The molecule has 0 aliphatic carbocycles. The summed E-state index contributed by atoms with van der Waals surface area (Å²) in [5, 5.41) is 0. The van der Waals surface area contributed by atoms with E-state index in [0.717, 1.165) is 116 Å². The van der Waals surface area contributed by atoms with Crippen LogP contribution in [-0.4, -0.2) is 37.2 Å². The first-order chi connectivity index (χ1) is 39.5. The van der Waals surface area contributed by atoms with Crippen LogP contribution in [0.5, 0.6) is 0 Å². The van der Waals surface area contributed by atoms with E-state index in [9.17, 15) is 14.4 Å². The standard InChI is InChI=1S/C74H130O6/c1-4-7-10-13-16-19-22-25-28-31-34-36-38-40-43-46-49-52-55-58-61-64-67-73(76)79-70-71(69-78-72(75)66-63-60-57-54-51-48-45-42-39-33-30-27-24-21-18-15-12-9-6-3)80-74(77)68-65-62-59-56-53-50-47-44-41-37-35-32-29-26-23-20-17-14-11-8-5-2/h8,11,17-18,20-21,26-27,29-30,35,37,44,47,71H,4-7,9-10,12-16,19,22-25,28,31-34,36,38-43,45-46,48-70H2,1-3H3/b11-8-,20-17-,21-18-,29-26-,30-27-,37-35-,47-44-. The molecule has 0 aliphatic heterocycles. The molecule has 0 heterocycles. The number of hydrogen-bond acceptors (Lipinski definition) is 6. The summed E-state index contributed by atoms with van der Waals surface area (Å²) in [7, 11) is 0. The van der Waals surface area contributed by atoms with E-state index < -0.39 is 6.10 Å². The van der Waals surface area contributed by atoms with Crippen molar-refractivity contribution in [2.75, 3.05) is 13.2 Å². The van der Waals surface area contributed by atoms with Gasteiger partial charge in [0, 0.05) is 19.3 Å². The van der Waals surface area contributed by atoms with Crippen LogP contribution in [0.25, 0.3) is 0 Å². The Kier molecular flexibility index (Phi) is 65.2. The number of unbranched alkanes of at least 4 members (excludes halogenated alkanes) is 38. The van der Waals surface area contributed by atoms with Crippen molar-refractivity contribution >= 4 is 17.9 Å². The summed E-state index contributed by atoms with van der Waals surface area (Å²) in [6.07, 6.45) is 90.2. The van der Waals surface area contributed by atoms with Gasteiger partial charge in [0.2, 0.25) is 0 Å². The molecule has 0 saturated heterocycles. The molecule has 0 amide bonds. The van der Waals surface area contributed by atoms with Gasteiger partial charge in [0.1, 0.15) is 13.2 Å². The number of ether oxygens (including phenoxy) is 3. The number of allylic oxidation sites excluding steroid dienone is 14. The summed E-state index contributed by atoms with van der Waals surface area (Å²) >= 11 is 0. The van der Waals surface area contributed by atoms with Crippen molar-refractivity contribution in [1.82, 2.24) is 0 Å². The van der Waals surface area contributed by atoms with E-state index >= 15 is 0 Å². The number of hydrogen-bond donors (Lipinski definition) is 0. The van der Waals surface area contributed by atoms with Crippen molar-refractivity contribution in [3.8, 4) is 0 Å². The molecule has 0 spiro atoms. The van der Waals surface area contributed by atoms with Crippen LogP contribution in [0.15, 0.2) is 85.1 Å². The van der Waals surface area contributed by atoms with Crippen LogP contribution in [0.3, 0.4) is 0 Å². The number of esters is 3. The SMILES string of the molecule is CC/C=C\C/C=C\C/C=C\C/C=C\C/C=C\CCCCCCCC(=O)OC(COC(=O)CCCCCCCCCCC/C=C\C/C=C\CCCCC)COC(=O)CCCCCCCCCCCCCCCCCCCCCCCC. The van der Waals surface area contributed by atoms with Gasteiger partial charge in [-0.15, -0.1) is 0 Å². The number of rotatable bonds is 63. The zero-order chi connectivity index (χ0) is 57.8. The van der Waals surface area contributed by atoms with Gasteiger partial charge in [-0.2, -0.15) is 0 Å². The summed E-state index contributed by atoms with van der Waals surface area (Å²) in [4.78, 5) is 38.5. The normalized spacial score (nSPS) is 12.6. The predicted octanol–water partition coefficient (Wildman–Crippen LogP) is 23.8. The summed E-state index contributed by atoms with van der Waals surface area (Å²) in [6.45, 7) is 6.54. The molecule has 0 aliphatic rings. The zero-order valence-electron chi connectivity index (χ0n) is 53.1. The highest BCUT2D eigenvalue weighted by Gasteiger charge is 2.19. The van der Waals surface area contributed by atoms with Crippen LogP contribution < -0.4 is 0 Å². The van der Waals surface area contributed by atoms with Gasteiger partial charge in [0.25, 0.3) is 0 Å². The summed E-state index contributed by atoms with van der Waals surface area (Å²) in [6, 6.07) is 0. The maximum atomic E-state index is 13.0. The lowest BCUT2D eigenvalue weighted by molar-refractivity contribution is -0.167. The molecule has 0 aromatic rings. The lowest BCUT2D eigenvalue weighted by atomic mass is 10.0. The van der Waals surface area contributed by atoms with Gasteiger partial charge in [-0.3, -0.25) is 14.4 Å². The van der Waals surface area contributed by atoms with Crippen molar-refractivity contribution in [1.29, 1.82) is 0 Å². The molecule has 6 heteroatoms. The maximum absolute atomic E-state index is 13.0. The van der Waals surface area contributed by atoms with Crippen molar-refractivity contribution < 1.29 is 28.6 Å². The molecule has 0 aromatic carbocycles. The second-order valence-corrected chi connectivity index (χ2v) is 23.1. The molecule has 0 fully saturated rings. The Morgan fingerprint density at radius 2 is 0.487 bits per heavy atom. The third-order valence-electron chi connectivity index (χ3n) is 15.1. The second kappa shape index (κ2) is 68.1. The van der Waals surface area contributed by atoms with Crippen molar-refractivity contribution in [2.24, 2.45) is 0 Å². The molecule has 0 rings (SSSR count). The Labute approximate surface area is 496 Å². The number of carbonyl (C=O) groups excluding carboxylic acids is 3. The van der Waals surface area contributed by atoms with Gasteiger partial charge in [-0.25, -0.2) is 0 Å². The van der Waals surface area contributed by atoms with E-state index in [2.05, 4.69) is 106 Å². The minimum Gasteiger partial charge on any atom is -0.462 e. The van der Waals surface area contributed by atoms with Crippen LogP contribution in [0.4, 0.5) is 0 Å². The van der Waals surface area contributed by atoms with Gasteiger partial charge >= 0.3 is 17.9 Å². The largest absolute Gasteiger partial charge is 0.462 e. The van der Waals surface area contributed by atoms with Crippen molar-refractivity contribution in [3.63, 3.8) is 0 Å². The molecule has 462 valence electrons. The van der Waals surface area contributed by atoms with Crippen LogP contribution in [0.1, 0.15) is 348 Å². The van der Waals surface area contributed by atoms with Gasteiger partial charge in [0.05, 0.1) is 0 Å². The van der Waals surface area contributed by atoms with Crippen molar-refractivity contribution in [3.05, 3.63) is 85.1 Å². The average molecular weight is 1120 g/mol. The van der Waals surface area contributed by atoms with Crippen molar-refractivity contribution in [2.45, 2.75) is 354 Å². The van der Waals surface area contributed by atoms with Gasteiger partial charge in [0.15, 0.2) is 6.10 Å². The monoisotopic (exact) mass is 1110 g/mol. The molecule has 0 radical (unpaired) electrons. The molecule has 0 aromatic heterocycles. The van der Waals surface area contributed by atoms with Gasteiger partial charge < -0.3 is 14.2 Å². The average Bonchev–Trinajstić information content (AvgIpc) is 3.46. The molecule has 0 bridgehead atoms. The highest BCUT2D eigenvalue weighted by atomic mass is 16.6. The Morgan fingerprint density at radius 1 is 0.263 bits per heavy atom. The second-order valence-electron chi connectivity index (χ2n) is 23.1. The molecule has 80 heavy (non-hydrogen) atoms. The lowest BCUT2D eigenvalue weighted by Gasteiger charge is -2.18. The van der Waals surface area contributed by atoms with E-state index in [1.807, 2.05) is 0 Å². The molecule has 0 N–H and O–H groups in total. The highest BCUT2D eigenvalue weighted by Crippen LogP contribution is 2.18. The molecule has 1 atom stereocenters. The number of carbonyl (C=O) groups is 3. The minimum absolute atomic E-state index is 0.0828. The smallest absolute Gasteiger partial charge is 0.306 e. The topological polar surface area (TPSA) is 78.9 Å². The molecule has 1 unspecified atom stereocenters. The summed E-state index contributed by atoms with van der Waals surface area (Å²) in [5.74, 6) is -0.887. The Hall–Kier alpha value is -3.41. The van der Waals surface area contributed by atoms with E-state index in [-0.39, 0.29) is 31.1 Å². The first-order valence-electron chi connectivity index (χ1n) is 34.6. The quantitative estimate of drug-likeness (QED) is 0.0261. The summed E-state index contributed by atoms with van der Waals surface area (Å²) in [5.41, 5.74) is 0. The lowest BCUT2D eigenvalue weighted by Crippen LogP contribution is -2.30. The van der Waals surface area contributed by atoms with Gasteiger partial charge in [-0.1, -0.05) is 318 Å². The first kappa shape index (κ1) is 76.6. The fraction of sp³-hybridized carbons (Fsp3) is 0.770. The zero-order valence-corrected chi connectivity index (χ0v) is 53.1. The molecular weight excluding hydrogens is 985 g/mol. The Balaban J connectivity index is 4.39. The fourth-order valence-electron chi connectivity index (χ4n) is 9.97. The molecular formula is C74H130O6. The molecule has 0 saturated carbocycles. The fourth-order valence-corrected chi connectivity index (χ4v) is 9.97. The highest BCUT2D eigenvalue weighted by molar-refractivity contribution is 5.71. The van der Waals surface area contributed by atoms with E-state index in [1.54, 1.807) is 0 Å². The van der Waals surface area contributed by atoms with Crippen LogP contribution in [-0.2, 0) is 28.6 Å². The third-order valence-corrected chi connectivity index (χ3v) is 15.1. The van der Waals surface area contributed by atoms with Crippen LogP contribution in [0.2, 0.25) is 0 Å². The Morgan fingerprint density at radius 3 is 0.787 bits per heavy atom. The third kappa shape index (κ3) is 65.4. The first-order valence-corrected chi connectivity index (χ1v) is 34.6. The maximum Gasteiger partial charge on any atom is 0.306 e. The predicted molar refractivity (Wildman–Crippen MR) is 348 cm³/mol. The summed E-state index contributed by atoms with van der Waals surface area (Å²) < 4.78 is 17.0. The van der Waals surface area contributed by atoms with Gasteiger partial charge in [-0.05, 0) is 96.3 Å². The van der Waals surface area contributed by atoms with E-state index in [4.69, 9.17) is 14.2 Å². The van der Waals surface area contributed by atoms with Crippen LogP contribution >= 0.6 is 0 Å². The molecule has 6 nitrogen and oxygen atoms in total. The van der Waals surface area contributed by atoms with E-state index in [1.165, 1.54) is 193 Å². The van der Waals surface area contributed by atoms with E-state index in [0.29, 0.717) is 19.3 Å². The Bertz CT molecular complexity index is 1520.